The van der Waals surface area contributed by atoms with Gasteiger partial charge in [-0.05, 0) is 194 Å². The van der Waals surface area contributed by atoms with Crippen LogP contribution in [0, 0.1) is 92.7 Å². The minimum Gasteiger partial charge on any atom is -0.461 e. The number of carbonyl (C=O) groups excluding carboxylic acids is 2. The Labute approximate surface area is 488 Å². The van der Waals surface area contributed by atoms with E-state index in [0.29, 0.717) is 37.0 Å². The van der Waals surface area contributed by atoms with E-state index in [4.69, 9.17) is 9.47 Å². The fraction of sp³-hybridized carbons (Fsp3) is 0.757. The van der Waals surface area contributed by atoms with Gasteiger partial charge in [0.25, 0.3) is 0 Å². The van der Waals surface area contributed by atoms with Crippen molar-refractivity contribution in [3.05, 3.63) is 95.1 Å². The summed E-state index contributed by atoms with van der Waals surface area (Å²) in [6.07, 6.45) is 32.9. The Kier molecular flexibility index (Phi) is 19.1. The molecule has 2 aromatic rings. The molecule has 80 heavy (non-hydrogen) atoms. The van der Waals surface area contributed by atoms with Crippen LogP contribution in [0.1, 0.15) is 222 Å². The van der Waals surface area contributed by atoms with E-state index in [1.807, 2.05) is 0 Å². The van der Waals surface area contributed by atoms with Gasteiger partial charge in [0.1, 0.15) is 12.2 Å². The number of fused-ring (bicyclic) bond motifs is 10. The highest BCUT2D eigenvalue weighted by Crippen LogP contribution is 2.69. The monoisotopic (exact) mass is 1090 g/mol. The highest BCUT2D eigenvalue weighted by molar-refractivity contribution is 5.72. The number of rotatable bonds is 23. The van der Waals surface area contributed by atoms with Gasteiger partial charge in [-0.15, -0.1) is 0 Å². The Morgan fingerprint density at radius 2 is 0.900 bits per heavy atom. The number of hydrogen-bond acceptors (Lipinski definition) is 6. The molecule has 2 unspecified atom stereocenters. The molecule has 0 aliphatic heterocycles. The lowest BCUT2D eigenvalue weighted by atomic mass is 9.47. The molecular weight excluding hydrogens is 981 g/mol. The average molecular weight is 1090 g/mol. The molecule has 6 heteroatoms. The predicted octanol–water partition coefficient (Wildman–Crippen LogP) is 17.9. The van der Waals surface area contributed by atoms with Gasteiger partial charge in [0.15, 0.2) is 0 Å². The van der Waals surface area contributed by atoms with E-state index in [1.54, 1.807) is 11.1 Å². The summed E-state index contributed by atoms with van der Waals surface area (Å²) in [4.78, 5) is 33.0. The average Bonchev–Trinajstić information content (AvgIpc) is 4.07. The van der Waals surface area contributed by atoms with Crippen molar-refractivity contribution in [3.8, 4) is 0 Å². The largest absolute Gasteiger partial charge is 0.461 e. The first-order valence-electron chi connectivity index (χ1n) is 33.7. The summed E-state index contributed by atoms with van der Waals surface area (Å²) in [6, 6.07) is 21.1. The first-order valence-corrected chi connectivity index (χ1v) is 33.7. The van der Waals surface area contributed by atoms with Gasteiger partial charge in [0.05, 0.1) is 13.1 Å². The minimum absolute atomic E-state index is 0.0715. The molecule has 6 saturated carbocycles. The van der Waals surface area contributed by atoms with Crippen molar-refractivity contribution >= 4 is 11.9 Å². The van der Waals surface area contributed by atoms with Gasteiger partial charge >= 0.3 is 11.9 Å². The number of benzene rings is 2. The van der Waals surface area contributed by atoms with Crippen molar-refractivity contribution in [1.29, 1.82) is 0 Å². The smallest absolute Gasteiger partial charge is 0.320 e. The van der Waals surface area contributed by atoms with Crippen molar-refractivity contribution in [2.45, 2.75) is 236 Å². The van der Waals surface area contributed by atoms with Crippen LogP contribution in [-0.4, -0.2) is 60.1 Å². The quantitative estimate of drug-likeness (QED) is 0.0816. The molecule has 8 aliphatic carbocycles. The molecule has 2 aromatic carbocycles. The first kappa shape index (κ1) is 59.9. The number of nitrogens with zero attached hydrogens (tertiary/aromatic N) is 2. The molecule has 0 radical (unpaired) electrons. The van der Waals surface area contributed by atoms with E-state index in [-0.39, 0.29) is 48.1 Å². The third kappa shape index (κ3) is 12.9. The topological polar surface area (TPSA) is 59.1 Å². The highest BCUT2D eigenvalue weighted by Gasteiger charge is 2.61. The fourth-order valence-electron chi connectivity index (χ4n) is 20.7. The van der Waals surface area contributed by atoms with Crippen LogP contribution < -0.4 is 0 Å². The van der Waals surface area contributed by atoms with Crippen LogP contribution in [-0.2, 0) is 32.2 Å². The van der Waals surface area contributed by atoms with Crippen LogP contribution in [0.2, 0.25) is 0 Å². The summed E-state index contributed by atoms with van der Waals surface area (Å²) in [6.45, 7) is 28.3. The zero-order valence-electron chi connectivity index (χ0n) is 52.3. The molecule has 0 spiro atoms. The number of hydrogen-bond donors (Lipinski definition) is 0. The third-order valence-electron chi connectivity index (χ3n) is 25.1. The zero-order chi connectivity index (χ0) is 56.4. The molecule has 0 N–H and O–H groups in total. The van der Waals surface area contributed by atoms with Crippen LogP contribution in [0.5, 0.6) is 0 Å². The summed E-state index contributed by atoms with van der Waals surface area (Å²) in [5.74, 6) is 9.53. The lowest BCUT2D eigenvalue weighted by Gasteiger charge is -2.58. The zero-order valence-corrected chi connectivity index (χ0v) is 52.3. The van der Waals surface area contributed by atoms with Crippen molar-refractivity contribution in [2.75, 3.05) is 26.2 Å². The van der Waals surface area contributed by atoms with Gasteiger partial charge in [-0.25, -0.2) is 0 Å². The van der Waals surface area contributed by atoms with E-state index in [2.05, 4.69) is 152 Å². The van der Waals surface area contributed by atoms with Crippen molar-refractivity contribution in [1.82, 2.24) is 9.80 Å². The molecule has 16 atom stereocenters. The standard InChI is InChI=1S/C74H112N2O4/c1-51(2)19-17-21-53(5)63-31-33-65-61-29-27-57-45-59(35-39-71(57,7)67(61)37-41-73(63,65)9)79-69(77)49-75(47-55-23-13-11-14-24-55)43-44-76(48-56-25-15-12-16-26-56)50-70(78)80-60-36-40-72(8)58(46-60)28-30-62-66-34-32-64(54(6)22-18-20-52(3)4)74(66,10)42-38-68(62)72/h11-16,23-28,51-54,59-68H,17-22,29-50H2,1-10H3/t53-,54-,59?,60?,61+,62+,63-,64-,65+,66+,67+,68+,71+,72+,73-,74-/m1/s1. The number of carbonyl (C=O) groups is 2. The van der Waals surface area contributed by atoms with Crippen LogP contribution in [0.15, 0.2) is 84.0 Å². The maximum absolute atomic E-state index is 14.2. The molecule has 0 amide bonds. The number of esters is 2. The third-order valence-corrected chi connectivity index (χ3v) is 25.1. The molecule has 442 valence electrons. The molecule has 0 aromatic heterocycles. The van der Waals surface area contributed by atoms with Gasteiger partial charge < -0.3 is 9.47 Å². The van der Waals surface area contributed by atoms with Gasteiger partial charge in [-0.1, -0.05) is 192 Å². The molecule has 0 heterocycles. The Morgan fingerprint density at radius 1 is 0.500 bits per heavy atom. The predicted molar refractivity (Wildman–Crippen MR) is 329 cm³/mol. The van der Waals surface area contributed by atoms with Gasteiger partial charge in [0.2, 0.25) is 0 Å². The second kappa shape index (κ2) is 25.6. The number of allylic oxidation sites excluding steroid dienone is 2. The van der Waals surface area contributed by atoms with Gasteiger partial charge in [-0.2, -0.15) is 0 Å². The van der Waals surface area contributed by atoms with Crippen LogP contribution in [0.25, 0.3) is 0 Å². The molecule has 0 bridgehead atoms. The normalized spacial score (nSPS) is 36.2. The van der Waals surface area contributed by atoms with E-state index in [1.165, 1.54) is 114 Å². The van der Waals surface area contributed by atoms with E-state index in [9.17, 15) is 9.59 Å². The molecule has 0 saturated heterocycles. The van der Waals surface area contributed by atoms with Crippen LogP contribution in [0.4, 0.5) is 0 Å². The van der Waals surface area contributed by atoms with Crippen LogP contribution >= 0.6 is 0 Å². The van der Waals surface area contributed by atoms with E-state index >= 15 is 0 Å². The SMILES string of the molecule is CC(C)CCC[C@@H](C)[C@H]1CC[C@H]2[C@@H]3CC=C4CC(OC(=O)CN(CCN(CC(=O)OC5CC[C@@]6(C)C(=CC[C@H]7[C@@H]8CC[C@H]([C@H](C)CCCC(C)C)[C@@]8(C)CC[C@@H]76)C5)Cc5ccccc5)Cc5ccccc5)CC[C@]4(C)[C@H]3CC[C@]12C. The fourth-order valence-corrected chi connectivity index (χ4v) is 20.7. The van der Waals surface area contributed by atoms with Gasteiger partial charge in [-0.3, -0.25) is 19.4 Å². The van der Waals surface area contributed by atoms with Crippen LogP contribution in [0.3, 0.4) is 0 Å². The maximum atomic E-state index is 14.2. The van der Waals surface area contributed by atoms with Crippen molar-refractivity contribution < 1.29 is 19.1 Å². The molecule has 10 rings (SSSR count). The second-order valence-corrected chi connectivity index (χ2v) is 30.7. The lowest BCUT2D eigenvalue weighted by molar-refractivity contribution is -0.154. The molecule has 6 nitrogen and oxygen atoms in total. The summed E-state index contributed by atoms with van der Waals surface area (Å²) in [7, 11) is 0. The number of ether oxygens (including phenoxy) is 2. The van der Waals surface area contributed by atoms with E-state index < -0.39 is 0 Å². The first-order chi connectivity index (χ1) is 38.4. The van der Waals surface area contributed by atoms with E-state index in [0.717, 1.165) is 110 Å². The Hall–Kier alpha value is -3.22. The lowest BCUT2D eigenvalue weighted by Crippen LogP contribution is -2.51. The minimum atomic E-state index is -0.129. The summed E-state index contributed by atoms with van der Waals surface area (Å²) >= 11 is 0. The second-order valence-electron chi connectivity index (χ2n) is 30.7. The van der Waals surface area contributed by atoms with Crippen molar-refractivity contribution in [3.63, 3.8) is 0 Å². The maximum Gasteiger partial charge on any atom is 0.320 e. The Bertz CT molecular complexity index is 2260. The Balaban J connectivity index is 0.744. The summed E-state index contributed by atoms with van der Waals surface area (Å²) in [5, 5.41) is 0. The Morgan fingerprint density at radius 3 is 1.29 bits per heavy atom. The highest BCUT2D eigenvalue weighted by atomic mass is 16.5. The summed E-state index contributed by atoms with van der Waals surface area (Å²) in [5.41, 5.74) is 6.90. The van der Waals surface area contributed by atoms with Crippen molar-refractivity contribution in [2.24, 2.45) is 92.7 Å². The molecule has 6 fully saturated rings. The molecular formula is C74H112N2O4. The summed E-state index contributed by atoms with van der Waals surface area (Å²) < 4.78 is 13.1. The molecule has 8 aliphatic rings. The van der Waals surface area contributed by atoms with Gasteiger partial charge in [0, 0.05) is 39.0 Å².